The topological polar surface area (TPSA) is 46.2 Å². The second-order valence-corrected chi connectivity index (χ2v) is 14.6. The van der Waals surface area contributed by atoms with Gasteiger partial charge in [0.2, 0.25) is 0 Å². The van der Waals surface area contributed by atoms with Gasteiger partial charge in [0.05, 0.1) is 15.7 Å². The minimum Gasteiger partial charge on any atom is -0.542 e. The molecule has 2 rings (SSSR count). The highest BCUT2D eigenvalue weighted by Gasteiger charge is 2.39. The zero-order valence-electron chi connectivity index (χ0n) is 18.3. The average molecular weight is 471 g/mol. The first-order valence-electron chi connectivity index (χ1n) is 9.43. The Morgan fingerprint density at radius 2 is 1.66 bits per heavy atom. The molecule has 29 heavy (non-hydrogen) atoms. The molecule has 8 heteroatoms. The first kappa shape index (κ1) is 23.9. The van der Waals surface area contributed by atoms with Gasteiger partial charge in [0.1, 0.15) is 11.6 Å². The second kappa shape index (κ2) is 8.80. The Morgan fingerprint density at radius 1 is 1.03 bits per heavy atom. The van der Waals surface area contributed by atoms with Crippen LogP contribution in [0.5, 0.6) is 5.75 Å². The van der Waals surface area contributed by atoms with Gasteiger partial charge in [0.25, 0.3) is 8.32 Å². The predicted molar refractivity (Wildman–Crippen MR) is 133 cm³/mol. The number of rotatable bonds is 4. The fraction of sp³-hybridized carbons (Fsp3) is 0.429. The third kappa shape index (κ3) is 5.63. The monoisotopic (exact) mass is 469 g/mol. The lowest BCUT2D eigenvalue weighted by Gasteiger charge is -2.37. The van der Waals surface area contributed by atoms with Crippen molar-refractivity contribution in [1.82, 2.24) is 4.98 Å². The third-order valence-corrected chi connectivity index (χ3v) is 10.7. The van der Waals surface area contributed by atoms with Crippen molar-refractivity contribution in [3.05, 3.63) is 45.1 Å². The first-order valence-corrected chi connectivity index (χ1v) is 13.5. The van der Waals surface area contributed by atoms with Crippen molar-refractivity contribution in [2.75, 3.05) is 10.6 Å². The van der Waals surface area contributed by atoms with E-state index in [9.17, 15) is 0 Å². The van der Waals surface area contributed by atoms with E-state index in [2.05, 4.69) is 51.4 Å². The molecule has 0 radical (unpaired) electrons. The van der Waals surface area contributed by atoms with Gasteiger partial charge in [-0.1, -0.05) is 44.0 Å². The molecule has 1 aromatic heterocycles. The van der Waals surface area contributed by atoms with Gasteiger partial charge in [0, 0.05) is 5.69 Å². The van der Waals surface area contributed by atoms with Gasteiger partial charge in [-0.15, -0.1) is 0 Å². The van der Waals surface area contributed by atoms with Crippen LogP contribution >= 0.6 is 35.4 Å². The lowest BCUT2D eigenvalue weighted by molar-refractivity contribution is 0.483. The van der Waals surface area contributed by atoms with Crippen molar-refractivity contribution < 1.29 is 4.43 Å². The number of hydrogen-bond donors (Lipinski definition) is 2. The summed E-state index contributed by atoms with van der Waals surface area (Å²) in [6, 6.07) is 5.26. The van der Waals surface area contributed by atoms with Crippen molar-refractivity contribution in [2.24, 2.45) is 0 Å². The summed E-state index contributed by atoms with van der Waals surface area (Å²) in [5, 5.41) is 7.80. The van der Waals surface area contributed by atoms with Crippen molar-refractivity contribution in [1.29, 1.82) is 0 Å². The van der Waals surface area contributed by atoms with E-state index in [0.29, 0.717) is 21.0 Å². The summed E-state index contributed by atoms with van der Waals surface area (Å²) in [6.45, 7) is 17.2. The Kier molecular flexibility index (Phi) is 7.26. The predicted octanol–water partition coefficient (Wildman–Crippen LogP) is 7.51. The molecular formula is C21H29Cl2N3OSSi. The molecule has 0 fully saturated rings. The number of nitrogens with one attached hydrogen (secondary N) is 2. The fourth-order valence-corrected chi connectivity index (χ4v) is 4.08. The number of anilines is 2. The van der Waals surface area contributed by atoms with Crippen molar-refractivity contribution in [3.63, 3.8) is 0 Å². The van der Waals surface area contributed by atoms with E-state index in [4.69, 9.17) is 44.8 Å². The molecule has 0 atom stereocenters. The Bertz CT molecular complexity index is 942. The summed E-state index contributed by atoms with van der Waals surface area (Å²) in [7, 11) is -1.96. The molecule has 0 unspecified atom stereocenters. The average Bonchev–Trinajstić information content (AvgIpc) is 2.58. The molecule has 0 spiro atoms. The highest BCUT2D eigenvalue weighted by Crippen LogP contribution is 2.40. The van der Waals surface area contributed by atoms with Crippen LogP contribution in [0.15, 0.2) is 18.2 Å². The maximum Gasteiger partial charge on any atom is 0.250 e. The smallest absolute Gasteiger partial charge is 0.250 e. The van der Waals surface area contributed by atoms with E-state index >= 15 is 0 Å². The van der Waals surface area contributed by atoms with Crippen LogP contribution in [0.1, 0.15) is 37.6 Å². The maximum atomic E-state index is 6.56. The van der Waals surface area contributed by atoms with Gasteiger partial charge in [-0.05, 0) is 80.4 Å². The number of aryl methyl sites for hydroxylation is 1. The standard InChI is InChI=1S/C21H29Cl2N3OSSi/c1-12-13(2)19(24-14(3)18(12)27-29(7,8)21(4,5)6)26-20(28)25-15-9-10-16(22)17(23)11-15/h9-11H,1-8H3,(H2,24,25,26,28). The van der Waals surface area contributed by atoms with Crippen molar-refractivity contribution in [3.8, 4) is 5.75 Å². The fourth-order valence-electron chi connectivity index (χ4n) is 2.45. The molecule has 4 nitrogen and oxygen atoms in total. The van der Waals surface area contributed by atoms with Gasteiger partial charge in [-0.25, -0.2) is 4.98 Å². The SMILES string of the molecule is Cc1nc(NC(=S)Nc2ccc(Cl)c(Cl)c2)c(C)c(C)c1O[Si](C)(C)C(C)(C)C. The van der Waals surface area contributed by atoms with Gasteiger partial charge < -0.3 is 15.1 Å². The van der Waals surface area contributed by atoms with E-state index in [1.165, 1.54) is 0 Å². The lowest BCUT2D eigenvalue weighted by Crippen LogP contribution is -2.44. The molecule has 0 saturated carbocycles. The summed E-state index contributed by atoms with van der Waals surface area (Å²) >= 11 is 17.5. The number of hydrogen-bond acceptors (Lipinski definition) is 3. The van der Waals surface area contributed by atoms with Gasteiger partial charge in [0.15, 0.2) is 5.11 Å². The number of thiocarbonyl (C=S) groups is 1. The van der Waals surface area contributed by atoms with Crippen molar-refractivity contribution in [2.45, 2.75) is 59.7 Å². The third-order valence-electron chi connectivity index (χ3n) is 5.44. The molecule has 0 amide bonds. The molecule has 158 valence electrons. The molecule has 0 saturated heterocycles. The number of halogens is 2. The molecule has 0 aliphatic carbocycles. The van der Waals surface area contributed by atoms with E-state index in [1.807, 2.05) is 19.9 Å². The molecule has 1 aromatic carbocycles. The van der Waals surface area contributed by atoms with Crippen LogP contribution in [0.3, 0.4) is 0 Å². The Balaban J connectivity index is 2.24. The summed E-state index contributed by atoms with van der Waals surface area (Å²) in [4.78, 5) is 4.72. The van der Waals surface area contributed by atoms with Gasteiger partial charge >= 0.3 is 0 Å². The Labute approximate surface area is 190 Å². The molecular weight excluding hydrogens is 441 g/mol. The number of benzene rings is 1. The van der Waals surface area contributed by atoms with Crippen LogP contribution in [0, 0.1) is 20.8 Å². The second-order valence-electron chi connectivity index (χ2n) is 8.70. The minimum absolute atomic E-state index is 0.113. The van der Waals surface area contributed by atoms with Gasteiger partial charge in [-0.2, -0.15) is 0 Å². The molecule has 2 aromatic rings. The van der Waals surface area contributed by atoms with E-state index in [-0.39, 0.29) is 5.04 Å². The zero-order chi connectivity index (χ0) is 22.1. The van der Waals surface area contributed by atoms with Crippen LogP contribution in [0.2, 0.25) is 28.2 Å². The van der Waals surface area contributed by atoms with Crippen LogP contribution in [-0.4, -0.2) is 18.4 Å². The molecule has 0 bridgehead atoms. The molecule has 0 aliphatic heterocycles. The number of pyridine rings is 1. The Morgan fingerprint density at radius 3 is 2.21 bits per heavy atom. The summed E-state index contributed by atoms with van der Waals surface area (Å²) in [5.74, 6) is 1.59. The zero-order valence-corrected chi connectivity index (χ0v) is 21.6. The van der Waals surface area contributed by atoms with Crippen LogP contribution in [-0.2, 0) is 0 Å². The van der Waals surface area contributed by atoms with Crippen LogP contribution < -0.4 is 15.1 Å². The van der Waals surface area contributed by atoms with E-state index in [0.717, 1.165) is 28.3 Å². The molecule has 0 aliphatic rings. The quantitative estimate of drug-likeness (QED) is 0.358. The molecule has 2 N–H and O–H groups in total. The largest absolute Gasteiger partial charge is 0.542 e. The number of aromatic nitrogens is 1. The Hall–Kier alpha value is -1.34. The van der Waals surface area contributed by atoms with E-state index in [1.54, 1.807) is 12.1 Å². The number of nitrogens with zero attached hydrogens (tertiary/aromatic N) is 1. The van der Waals surface area contributed by atoms with E-state index < -0.39 is 8.32 Å². The molecule has 1 heterocycles. The first-order chi connectivity index (χ1) is 13.2. The maximum absolute atomic E-state index is 6.56. The normalized spacial score (nSPS) is 11.9. The van der Waals surface area contributed by atoms with Crippen molar-refractivity contribution >= 4 is 60.4 Å². The lowest BCUT2D eigenvalue weighted by atomic mass is 10.1. The summed E-state index contributed by atoms with van der Waals surface area (Å²) < 4.78 is 6.56. The minimum atomic E-state index is -1.96. The van der Waals surface area contributed by atoms with Crippen LogP contribution in [0.4, 0.5) is 11.5 Å². The summed E-state index contributed by atoms with van der Waals surface area (Å²) in [5.41, 5.74) is 3.67. The van der Waals surface area contributed by atoms with Crippen LogP contribution in [0.25, 0.3) is 0 Å². The van der Waals surface area contributed by atoms with Gasteiger partial charge in [-0.3, -0.25) is 0 Å². The summed E-state index contributed by atoms with van der Waals surface area (Å²) in [6.07, 6.45) is 0. The highest BCUT2D eigenvalue weighted by molar-refractivity contribution is 7.80. The highest BCUT2D eigenvalue weighted by atomic mass is 35.5.